The van der Waals surface area contributed by atoms with Gasteiger partial charge < -0.3 is 8.98 Å². The maximum Gasteiger partial charge on any atom is 0.143 e. The lowest BCUT2D eigenvalue weighted by atomic mass is 9.82. The van der Waals surface area contributed by atoms with Crippen molar-refractivity contribution in [2.45, 2.75) is 59.3 Å². The highest BCUT2D eigenvalue weighted by atomic mass is 16.3. The SMILES string of the molecule is Cc1ccc(-c2ccc3c(c2)c2ccccc2n3-c2ccccc2)c2oc3ccccc3c12.Cc1ccc2c(c1)C(C)(C)c1ccccc1-2.Cc1ccc2c(c1)C(C)(C)c1ccccc1-2. The van der Waals surface area contributed by atoms with Gasteiger partial charge in [0.25, 0.3) is 0 Å². The number of rotatable bonds is 2. The molecule has 0 bridgehead atoms. The highest BCUT2D eigenvalue weighted by Gasteiger charge is 2.36. The van der Waals surface area contributed by atoms with E-state index in [2.05, 4.69) is 241 Å². The monoisotopic (exact) mass is 839 g/mol. The molecule has 65 heavy (non-hydrogen) atoms. The minimum absolute atomic E-state index is 0.151. The summed E-state index contributed by atoms with van der Waals surface area (Å²) in [5.74, 6) is 0. The summed E-state index contributed by atoms with van der Waals surface area (Å²) >= 11 is 0. The number of fused-ring (bicyclic) bond motifs is 12. The van der Waals surface area contributed by atoms with Gasteiger partial charge in [0.05, 0.1) is 11.0 Å². The van der Waals surface area contributed by atoms with Crippen LogP contribution in [0.15, 0.2) is 199 Å². The maximum absolute atomic E-state index is 6.39. The van der Waals surface area contributed by atoms with Crippen molar-refractivity contribution in [3.63, 3.8) is 0 Å². The molecule has 0 saturated heterocycles. The molecule has 0 saturated carbocycles. The van der Waals surface area contributed by atoms with Crippen LogP contribution in [-0.2, 0) is 10.8 Å². The van der Waals surface area contributed by atoms with E-state index in [1.807, 2.05) is 6.07 Å². The third-order valence-corrected chi connectivity index (χ3v) is 14.2. The highest BCUT2D eigenvalue weighted by molar-refractivity contribution is 6.14. The van der Waals surface area contributed by atoms with Crippen molar-refractivity contribution in [3.05, 3.63) is 233 Å². The molecule has 0 aliphatic heterocycles. The van der Waals surface area contributed by atoms with Crippen LogP contribution < -0.4 is 0 Å². The third-order valence-electron chi connectivity index (χ3n) is 14.2. The second-order valence-electron chi connectivity index (χ2n) is 19.1. The summed E-state index contributed by atoms with van der Waals surface area (Å²) in [5, 5.41) is 4.88. The van der Waals surface area contributed by atoms with E-state index in [0.717, 1.165) is 16.7 Å². The first kappa shape index (κ1) is 40.4. The predicted octanol–water partition coefficient (Wildman–Crippen LogP) is 17.3. The van der Waals surface area contributed by atoms with Crippen molar-refractivity contribution in [2.75, 3.05) is 0 Å². The summed E-state index contributed by atoms with van der Waals surface area (Å²) < 4.78 is 8.74. The molecule has 0 fully saturated rings. The van der Waals surface area contributed by atoms with Crippen LogP contribution in [0.3, 0.4) is 0 Å². The van der Waals surface area contributed by atoms with Gasteiger partial charge in [-0.25, -0.2) is 0 Å². The Balaban J connectivity index is 0.000000122. The zero-order chi connectivity index (χ0) is 44.6. The number of aromatic nitrogens is 1. The summed E-state index contributed by atoms with van der Waals surface area (Å²) in [5.41, 5.74) is 23.5. The predicted molar refractivity (Wildman–Crippen MR) is 276 cm³/mol. The van der Waals surface area contributed by atoms with Crippen molar-refractivity contribution in [1.82, 2.24) is 4.57 Å². The van der Waals surface area contributed by atoms with Gasteiger partial charge in [-0.15, -0.1) is 0 Å². The van der Waals surface area contributed by atoms with Crippen LogP contribution in [0.25, 0.3) is 82.8 Å². The average molecular weight is 840 g/mol. The highest BCUT2D eigenvalue weighted by Crippen LogP contribution is 2.50. The second kappa shape index (κ2) is 15.4. The van der Waals surface area contributed by atoms with E-state index in [-0.39, 0.29) is 10.8 Å². The standard InChI is InChI=1S/C31H21NO.2C16H16/c1-20-15-17-23(31-30(20)25-12-6-8-14-29(25)33-31)21-16-18-28-26(19-21)24-11-5-7-13-27(24)32(28)22-9-3-2-4-10-22;2*1-11-8-9-13-12-6-4-5-7-14(12)16(2,3)15(13)10-11/h2-19H,1H3;2*4-10H,1-3H3. The summed E-state index contributed by atoms with van der Waals surface area (Å²) in [6.07, 6.45) is 0. The third kappa shape index (κ3) is 6.54. The zero-order valence-corrected chi connectivity index (χ0v) is 38.3. The molecule has 11 aromatic rings. The van der Waals surface area contributed by atoms with Gasteiger partial charge in [-0.1, -0.05) is 197 Å². The van der Waals surface area contributed by atoms with E-state index in [0.29, 0.717) is 0 Å². The Morgan fingerprint density at radius 3 is 1.54 bits per heavy atom. The molecule has 0 unspecified atom stereocenters. The lowest BCUT2D eigenvalue weighted by molar-refractivity contribution is 0.659. The second-order valence-corrected chi connectivity index (χ2v) is 19.1. The molecule has 2 nitrogen and oxygen atoms in total. The van der Waals surface area contributed by atoms with Crippen LogP contribution in [0.2, 0.25) is 0 Å². The fraction of sp³-hybridized carbons (Fsp3) is 0.143. The number of nitrogens with zero attached hydrogens (tertiary/aromatic N) is 1. The first-order valence-electron chi connectivity index (χ1n) is 22.9. The molecule has 2 heteroatoms. The molecule has 2 aromatic heterocycles. The van der Waals surface area contributed by atoms with Gasteiger partial charge >= 0.3 is 0 Å². The fourth-order valence-corrected chi connectivity index (χ4v) is 10.9. The molecule has 0 amide bonds. The van der Waals surface area contributed by atoms with Gasteiger partial charge in [0.1, 0.15) is 11.2 Å². The van der Waals surface area contributed by atoms with Gasteiger partial charge in [-0.05, 0) is 113 Å². The number of furan rings is 1. The van der Waals surface area contributed by atoms with Crippen molar-refractivity contribution in [3.8, 4) is 39.1 Å². The van der Waals surface area contributed by atoms with E-state index in [1.165, 1.54) is 105 Å². The number of aryl methyl sites for hydroxylation is 3. The summed E-state index contributed by atoms with van der Waals surface area (Å²) in [7, 11) is 0. The average Bonchev–Trinajstić information content (AvgIpc) is 4.01. The zero-order valence-electron chi connectivity index (χ0n) is 38.3. The lowest BCUT2D eigenvalue weighted by Crippen LogP contribution is -2.14. The van der Waals surface area contributed by atoms with Crippen molar-refractivity contribution in [2.24, 2.45) is 0 Å². The molecule has 0 atom stereocenters. The number of para-hydroxylation sites is 3. The quantitative estimate of drug-likeness (QED) is 0.170. The number of hydrogen-bond acceptors (Lipinski definition) is 1. The van der Waals surface area contributed by atoms with Crippen molar-refractivity contribution >= 4 is 43.7 Å². The minimum Gasteiger partial charge on any atom is -0.455 e. The molecule has 9 aromatic carbocycles. The first-order chi connectivity index (χ1) is 31.5. The molecular formula is C63H53NO. The van der Waals surface area contributed by atoms with Gasteiger partial charge in [-0.3, -0.25) is 0 Å². The van der Waals surface area contributed by atoms with Gasteiger partial charge in [0.2, 0.25) is 0 Å². The van der Waals surface area contributed by atoms with Crippen LogP contribution in [0.5, 0.6) is 0 Å². The minimum atomic E-state index is 0.151. The van der Waals surface area contributed by atoms with E-state index < -0.39 is 0 Å². The van der Waals surface area contributed by atoms with Crippen LogP contribution in [0, 0.1) is 20.8 Å². The lowest BCUT2D eigenvalue weighted by Gasteiger charge is -2.21. The molecule has 0 N–H and O–H groups in total. The van der Waals surface area contributed by atoms with E-state index in [4.69, 9.17) is 4.42 Å². The van der Waals surface area contributed by atoms with E-state index in [9.17, 15) is 0 Å². The Labute approximate surface area is 382 Å². The van der Waals surface area contributed by atoms with Gasteiger partial charge in [0, 0.05) is 43.6 Å². The maximum atomic E-state index is 6.39. The van der Waals surface area contributed by atoms with Gasteiger partial charge in [-0.2, -0.15) is 0 Å². The molecule has 2 aliphatic carbocycles. The molecule has 0 radical (unpaired) electrons. The van der Waals surface area contributed by atoms with Gasteiger partial charge in [0.15, 0.2) is 0 Å². The van der Waals surface area contributed by atoms with Crippen molar-refractivity contribution < 1.29 is 4.42 Å². The largest absolute Gasteiger partial charge is 0.455 e. The molecule has 316 valence electrons. The Morgan fingerprint density at radius 1 is 0.385 bits per heavy atom. The molecule has 0 spiro atoms. The Hall–Kier alpha value is -7.42. The first-order valence-corrected chi connectivity index (χ1v) is 22.9. The summed E-state index contributed by atoms with van der Waals surface area (Å²) in [6.45, 7) is 15.8. The van der Waals surface area contributed by atoms with Crippen LogP contribution in [-0.4, -0.2) is 4.57 Å². The van der Waals surface area contributed by atoms with Crippen LogP contribution >= 0.6 is 0 Å². The summed E-state index contributed by atoms with van der Waals surface area (Å²) in [4.78, 5) is 0. The summed E-state index contributed by atoms with van der Waals surface area (Å²) in [6, 6.07) is 69.8. The topological polar surface area (TPSA) is 18.1 Å². The number of hydrogen-bond donors (Lipinski definition) is 0. The van der Waals surface area contributed by atoms with E-state index in [1.54, 1.807) is 0 Å². The fourth-order valence-electron chi connectivity index (χ4n) is 10.9. The Kier molecular flexibility index (Phi) is 9.55. The number of benzene rings is 9. The molecule has 2 aliphatic rings. The van der Waals surface area contributed by atoms with Crippen LogP contribution in [0.1, 0.15) is 66.6 Å². The smallest absolute Gasteiger partial charge is 0.143 e. The molecule has 13 rings (SSSR count). The van der Waals surface area contributed by atoms with Crippen molar-refractivity contribution in [1.29, 1.82) is 0 Å². The normalized spacial score (nSPS) is 13.7. The molecular weight excluding hydrogens is 787 g/mol. The van der Waals surface area contributed by atoms with Crippen LogP contribution in [0.4, 0.5) is 0 Å². The Morgan fingerprint density at radius 2 is 0.892 bits per heavy atom. The molecule has 2 heterocycles. The van der Waals surface area contributed by atoms with E-state index >= 15 is 0 Å². The Bertz CT molecular complexity index is 3530.